The molecule has 1 aliphatic heterocycles. The van der Waals surface area contributed by atoms with Crippen LogP contribution in [-0.4, -0.2) is 24.8 Å². The van der Waals surface area contributed by atoms with Crippen LogP contribution in [0.2, 0.25) is 0 Å². The molecule has 7 heteroatoms. The van der Waals surface area contributed by atoms with Gasteiger partial charge >= 0.3 is 11.6 Å². The van der Waals surface area contributed by atoms with Crippen LogP contribution in [0.25, 0.3) is 11.3 Å². The van der Waals surface area contributed by atoms with E-state index in [0.29, 0.717) is 17.2 Å². The SMILES string of the molecule is CCCCN1C(C)c2ccccc2-c2c(NC(=O)c3ccc(OC)cc3)on[n+]21. The molecule has 0 fully saturated rings. The van der Waals surface area contributed by atoms with Gasteiger partial charge in [-0.15, -0.1) is 5.01 Å². The van der Waals surface area contributed by atoms with Crippen molar-refractivity contribution in [2.45, 2.75) is 32.7 Å². The van der Waals surface area contributed by atoms with E-state index in [1.807, 2.05) is 18.2 Å². The minimum atomic E-state index is -0.261. The van der Waals surface area contributed by atoms with E-state index in [0.717, 1.165) is 30.6 Å². The minimum absolute atomic E-state index is 0.158. The maximum Gasteiger partial charge on any atom is 0.339 e. The van der Waals surface area contributed by atoms with Crippen molar-refractivity contribution in [2.24, 2.45) is 0 Å². The predicted molar refractivity (Wildman–Crippen MR) is 109 cm³/mol. The maximum atomic E-state index is 12.8. The first-order chi connectivity index (χ1) is 14.1. The average molecular weight is 393 g/mol. The van der Waals surface area contributed by atoms with Crippen LogP contribution in [0.3, 0.4) is 0 Å². The Morgan fingerprint density at radius 1 is 1.24 bits per heavy atom. The number of carbonyl (C=O) groups excluding carboxylic acids is 1. The molecule has 1 unspecified atom stereocenters. The maximum absolute atomic E-state index is 12.8. The summed E-state index contributed by atoms with van der Waals surface area (Å²) in [6.07, 6.45) is 2.12. The van der Waals surface area contributed by atoms with Crippen LogP contribution in [0, 0.1) is 0 Å². The van der Waals surface area contributed by atoms with E-state index in [4.69, 9.17) is 9.26 Å². The second-order valence-corrected chi connectivity index (χ2v) is 7.10. The predicted octanol–water partition coefficient (Wildman–Crippen LogP) is 3.70. The smallest absolute Gasteiger partial charge is 0.339 e. The quantitative estimate of drug-likeness (QED) is 0.647. The van der Waals surface area contributed by atoms with Gasteiger partial charge in [0.2, 0.25) is 5.27 Å². The molecule has 1 aliphatic rings. The van der Waals surface area contributed by atoms with Gasteiger partial charge in [0.1, 0.15) is 11.8 Å². The fraction of sp³-hybridized carbons (Fsp3) is 0.318. The summed E-state index contributed by atoms with van der Waals surface area (Å²) in [6, 6.07) is 15.3. The van der Waals surface area contributed by atoms with Gasteiger partial charge in [-0.05, 0) is 49.2 Å². The number of amides is 1. The molecule has 7 nitrogen and oxygen atoms in total. The van der Waals surface area contributed by atoms with Gasteiger partial charge < -0.3 is 4.74 Å². The number of nitrogens with zero attached hydrogens (tertiary/aromatic N) is 3. The van der Waals surface area contributed by atoms with Gasteiger partial charge in [0.25, 0.3) is 5.91 Å². The summed E-state index contributed by atoms with van der Waals surface area (Å²) in [5, 5.41) is 9.30. The van der Waals surface area contributed by atoms with Crippen LogP contribution in [-0.2, 0) is 0 Å². The molecule has 0 spiro atoms. The lowest BCUT2D eigenvalue weighted by Crippen LogP contribution is -2.63. The van der Waals surface area contributed by atoms with Crippen molar-refractivity contribution < 1.29 is 18.8 Å². The Morgan fingerprint density at radius 2 is 2.00 bits per heavy atom. The van der Waals surface area contributed by atoms with E-state index < -0.39 is 0 Å². The van der Waals surface area contributed by atoms with Crippen LogP contribution in [0.4, 0.5) is 5.88 Å². The lowest BCUT2D eigenvalue weighted by Gasteiger charge is -2.27. The monoisotopic (exact) mass is 393 g/mol. The lowest BCUT2D eigenvalue weighted by atomic mass is 9.96. The van der Waals surface area contributed by atoms with Crippen molar-refractivity contribution in [3.8, 4) is 17.0 Å². The number of aromatic nitrogens is 2. The third-order valence-electron chi connectivity index (χ3n) is 5.30. The second-order valence-electron chi connectivity index (χ2n) is 7.10. The van der Waals surface area contributed by atoms with E-state index in [2.05, 4.69) is 35.5 Å². The summed E-state index contributed by atoms with van der Waals surface area (Å²) < 4.78 is 10.7. The number of benzene rings is 2. The fourth-order valence-corrected chi connectivity index (χ4v) is 3.67. The van der Waals surface area contributed by atoms with E-state index in [1.165, 1.54) is 5.56 Å². The number of unbranched alkanes of at least 4 members (excludes halogenated alkanes) is 1. The van der Waals surface area contributed by atoms with Gasteiger partial charge in [-0.25, -0.2) is 0 Å². The third-order valence-corrected chi connectivity index (χ3v) is 5.30. The highest BCUT2D eigenvalue weighted by atomic mass is 16.5. The summed E-state index contributed by atoms with van der Waals surface area (Å²) >= 11 is 0. The lowest BCUT2D eigenvalue weighted by molar-refractivity contribution is -0.754. The van der Waals surface area contributed by atoms with Crippen molar-refractivity contribution in [2.75, 3.05) is 24.0 Å². The number of nitrogens with one attached hydrogen (secondary N) is 1. The van der Waals surface area contributed by atoms with Crippen molar-refractivity contribution in [1.29, 1.82) is 0 Å². The number of hydrogen-bond donors (Lipinski definition) is 1. The van der Waals surface area contributed by atoms with Crippen LogP contribution < -0.4 is 19.9 Å². The summed E-state index contributed by atoms with van der Waals surface area (Å²) in [6.45, 7) is 5.17. The highest BCUT2D eigenvalue weighted by molar-refractivity contribution is 6.04. The number of hydrogen-bond acceptors (Lipinski definition) is 5. The molecule has 3 aromatic rings. The molecule has 0 saturated heterocycles. The average Bonchev–Trinajstić information content (AvgIpc) is 3.17. The van der Waals surface area contributed by atoms with Gasteiger partial charge in [-0.3, -0.25) is 14.6 Å². The Bertz CT molecular complexity index is 1010. The van der Waals surface area contributed by atoms with Crippen LogP contribution in [0.15, 0.2) is 53.1 Å². The molecule has 2 heterocycles. The van der Waals surface area contributed by atoms with Crippen molar-refractivity contribution >= 4 is 11.8 Å². The molecular formula is C22H25N4O3+. The summed E-state index contributed by atoms with van der Waals surface area (Å²) in [4.78, 5) is 14.5. The largest absolute Gasteiger partial charge is 0.497 e. The van der Waals surface area contributed by atoms with Crippen LogP contribution >= 0.6 is 0 Å². The number of fused-ring (bicyclic) bond motifs is 3. The highest BCUT2D eigenvalue weighted by Gasteiger charge is 2.42. The molecular weight excluding hydrogens is 368 g/mol. The number of carbonyl (C=O) groups is 1. The highest BCUT2D eigenvalue weighted by Crippen LogP contribution is 2.36. The molecule has 1 atom stereocenters. The standard InChI is InChI=1S/C22H24N4O3/c1-4-5-14-25-15(2)18-8-6-7-9-19(18)20-22(29-24-26(20)25)23-21(27)16-10-12-17(28-3)13-11-16/h6-13,15H,4-5,14H2,1-3H3/p+1. The van der Waals surface area contributed by atoms with Gasteiger partial charge in [-0.1, -0.05) is 31.5 Å². The molecule has 150 valence electrons. The third kappa shape index (κ3) is 3.44. The Balaban J connectivity index is 1.69. The topological polar surface area (TPSA) is 71.5 Å². The first-order valence-corrected chi connectivity index (χ1v) is 9.87. The van der Waals surface area contributed by atoms with Gasteiger partial charge in [0, 0.05) is 5.56 Å². The van der Waals surface area contributed by atoms with E-state index in [-0.39, 0.29) is 11.9 Å². The molecule has 1 aromatic heterocycles. The van der Waals surface area contributed by atoms with E-state index >= 15 is 0 Å². The zero-order valence-electron chi connectivity index (χ0n) is 16.9. The molecule has 29 heavy (non-hydrogen) atoms. The van der Waals surface area contributed by atoms with Crippen LogP contribution in [0.5, 0.6) is 5.75 Å². The molecule has 4 rings (SSSR count). The normalized spacial score (nSPS) is 14.9. The Morgan fingerprint density at radius 3 is 2.72 bits per heavy atom. The van der Waals surface area contributed by atoms with E-state index in [1.54, 1.807) is 36.2 Å². The number of ether oxygens (including phenoxy) is 1. The Kier molecular flexibility index (Phi) is 5.20. The molecule has 0 radical (unpaired) electrons. The van der Waals surface area contributed by atoms with Gasteiger partial charge in [0.05, 0.1) is 24.0 Å². The zero-order chi connectivity index (χ0) is 20.4. The second kappa shape index (κ2) is 7.95. The molecule has 1 N–H and O–H groups in total. The summed E-state index contributed by atoms with van der Waals surface area (Å²) in [5.74, 6) is 0.777. The number of rotatable bonds is 6. The molecule has 1 amide bonds. The van der Waals surface area contributed by atoms with Gasteiger partial charge in [0.15, 0.2) is 0 Å². The zero-order valence-corrected chi connectivity index (χ0v) is 16.9. The molecule has 0 saturated carbocycles. The Hall–Kier alpha value is -3.35. The minimum Gasteiger partial charge on any atom is -0.497 e. The first-order valence-electron chi connectivity index (χ1n) is 9.87. The first kappa shape index (κ1) is 19.0. The van der Waals surface area contributed by atoms with Crippen molar-refractivity contribution in [1.82, 2.24) is 5.27 Å². The summed E-state index contributed by atoms with van der Waals surface area (Å²) in [5.41, 5.74) is 3.48. The molecule has 0 aliphatic carbocycles. The van der Waals surface area contributed by atoms with Crippen molar-refractivity contribution in [3.63, 3.8) is 0 Å². The number of methoxy groups -OCH3 is 1. The van der Waals surface area contributed by atoms with Gasteiger partial charge in [-0.2, -0.15) is 0 Å². The van der Waals surface area contributed by atoms with Crippen molar-refractivity contribution in [3.05, 3.63) is 59.7 Å². The van der Waals surface area contributed by atoms with Crippen LogP contribution in [0.1, 0.15) is 48.7 Å². The number of anilines is 1. The fourth-order valence-electron chi connectivity index (χ4n) is 3.67. The van der Waals surface area contributed by atoms with E-state index in [9.17, 15) is 4.79 Å². The molecule has 2 aromatic carbocycles. The summed E-state index contributed by atoms with van der Waals surface area (Å²) in [7, 11) is 1.59. The Labute approximate surface area is 169 Å². The molecule has 0 bridgehead atoms.